The molecule has 1 aliphatic heterocycles. The Bertz CT molecular complexity index is 1300. The fraction of sp³-hybridized carbons (Fsp3) is 0.160. The number of aryl methyl sites for hydroxylation is 1. The van der Waals surface area contributed by atoms with Gasteiger partial charge in [-0.2, -0.15) is 4.98 Å². The van der Waals surface area contributed by atoms with E-state index in [1.54, 1.807) is 7.11 Å². The van der Waals surface area contributed by atoms with Gasteiger partial charge in [0.2, 0.25) is 11.0 Å². The Hall–Kier alpha value is -3.29. The van der Waals surface area contributed by atoms with E-state index < -0.39 is 6.23 Å². The van der Waals surface area contributed by atoms with Gasteiger partial charge in [-0.25, -0.2) is 0 Å². The predicted octanol–water partition coefficient (Wildman–Crippen LogP) is 6.30. The van der Waals surface area contributed by atoms with Crippen LogP contribution in [0.5, 0.6) is 11.6 Å². The number of fused-ring (bicyclic) bond motifs is 3. The summed E-state index contributed by atoms with van der Waals surface area (Å²) in [6.07, 6.45) is -0.442. The molecular formula is C25H21ClN4O2S. The van der Waals surface area contributed by atoms with Crippen LogP contribution in [0.1, 0.15) is 22.9 Å². The second-order valence-corrected chi connectivity index (χ2v) is 8.96. The molecule has 0 aliphatic carbocycles. The largest absolute Gasteiger partial charge is 0.496 e. The van der Waals surface area contributed by atoms with Gasteiger partial charge in [0.1, 0.15) is 5.75 Å². The van der Waals surface area contributed by atoms with E-state index in [9.17, 15) is 0 Å². The number of nitrogens with zero attached hydrogens (tertiary/aromatic N) is 3. The van der Waals surface area contributed by atoms with Crippen LogP contribution >= 0.6 is 23.4 Å². The van der Waals surface area contributed by atoms with E-state index in [0.29, 0.717) is 27.5 Å². The number of hydrogen-bond donors (Lipinski definition) is 1. The molecule has 8 heteroatoms. The summed E-state index contributed by atoms with van der Waals surface area (Å²) >= 11 is 7.48. The zero-order chi connectivity index (χ0) is 22.8. The van der Waals surface area contributed by atoms with Gasteiger partial charge in [0, 0.05) is 27.6 Å². The molecule has 0 radical (unpaired) electrons. The number of halogens is 1. The van der Waals surface area contributed by atoms with Crippen molar-refractivity contribution in [2.45, 2.75) is 24.1 Å². The second kappa shape index (κ2) is 9.29. The molecule has 1 N–H and O–H groups in total. The van der Waals surface area contributed by atoms with Crippen molar-refractivity contribution in [1.29, 1.82) is 0 Å². The van der Waals surface area contributed by atoms with Gasteiger partial charge in [0.25, 0.3) is 0 Å². The molecule has 166 valence electrons. The van der Waals surface area contributed by atoms with Gasteiger partial charge in [0.05, 0.1) is 7.11 Å². The first-order valence-corrected chi connectivity index (χ1v) is 11.8. The van der Waals surface area contributed by atoms with Crippen molar-refractivity contribution < 1.29 is 9.47 Å². The van der Waals surface area contributed by atoms with E-state index in [1.807, 2.05) is 67.6 Å². The van der Waals surface area contributed by atoms with Gasteiger partial charge in [0.15, 0.2) is 11.9 Å². The first kappa shape index (κ1) is 21.6. The molecule has 0 bridgehead atoms. The van der Waals surface area contributed by atoms with E-state index in [0.717, 1.165) is 33.7 Å². The van der Waals surface area contributed by atoms with Crippen LogP contribution in [0.2, 0.25) is 5.02 Å². The molecule has 0 unspecified atom stereocenters. The topological polar surface area (TPSA) is 69.2 Å². The van der Waals surface area contributed by atoms with E-state index in [4.69, 9.17) is 26.1 Å². The van der Waals surface area contributed by atoms with Crippen molar-refractivity contribution in [3.63, 3.8) is 0 Å². The normalized spacial score (nSPS) is 14.3. The van der Waals surface area contributed by atoms with Crippen molar-refractivity contribution >= 4 is 29.1 Å². The van der Waals surface area contributed by atoms with Crippen LogP contribution in [0.4, 0.5) is 5.69 Å². The van der Waals surface area contributed by atoms with Gasteiger partial charge < -0.3 is 14.8 Å². The third-order valence-corrected chi connectivity index (χ3v) is 6.50. The van der Waals surface area contributed by atoms with E-state index in [-0.39, 0.29) is 0 Å². The Labute approximate surface area is 201 Å². The van der Waals surface area contributed by atoms with Crippen LogP contribution in [-0.2, 0) is 5.75 Å². The molecule has 1 atom stereocenters. The number of ether oxygens (including phenoxy) is 2. The number of aromatic nitrogens is 3. The minimum absolute atomic E-state index is 0.442. The van der Waals surface area contributed by atoms with Gasteiger partial charge in [-0.3, -0.25) is 0 Å². The van der Waals surface area contributed by atoms with Crippen molar-refractivity contribution in [2.75, 3.05) is 12.4 Å². The number of benzene rings is 3. The number of thioether (sulfide) groups is 1. The number of rotatable bonds is 5. The number of nitrogens with one attached hydrogen (secondary N) is 1. The van der Waals surface area contributed by atoms with Gasteiger partial charge in [-0.1, -0.05) is 53.7 Å². The molecule has 3 aromatic carbocycles. The summed E-state index contributed by atoms with van der Waals surface area (Å²) in [4.78, 5) is 4.71. The molecule has 4 aromatic rings. The van der Waals surface area contributed by atoms with Crippen molar-refractivity contribution in [2.24, 2.45) is 0 Å². The van der Waals surface area contributed by atoms with Crippen molar-refractivity contribution in [3.8, 4) is 22.9 Å². The first-order chi connectivity index (χ1) is 16.1. The molecule has 1 aliphatic rings. The number of hydrogen-bond acceptors (Lipinski definition) is 7. The summed E-state index contributed by atoms with van der Waals surface area (Å²) < 4.78 is 11.8. The Balaban J connectivity index is 1.48. The quantitative estimate of drug-likeness (QED) is 0.339. The number of anilines is 1. The van der Waals surface area contributed by atoms with Crippen LogP contribution in [0.3, 0.4) is 0 Å². The maximum absolute atomic E-state index is 6.37. The summed E-state index contributed by atoms with van der Waals surface area (Å²) in [5.41, 5.74) is 5.54. The molecular weight excluding hydrogens is 456 g/mol. The SMILES string of the molecule is COc1ccc([C@@H]2Nc3ccccc3-c3nnc(SCc4ccc(Cl)cc4)nc3O2)cc1C. The molecule has 0 saturated carbocycles. The maximum atomic E-state index is 6.37. The fourth-order valence-corrected chi connectivity index (χ4v) is 4.51. The van der Waals surface area contributed by atoms with E-state index in [2.05, 4.69) is 21.6 Å². The highest BCUT2D eigenvalue weighted by Gasteiger charge is 2.26. The van der Waals surface area contributed by atoms with Crippen LogP contribution < -0.4 is 14.8 Å². The smallest absolute Gasteiger partial charge is 0.247 e. The van der Waals surface area contributed by atoms with Crippen LogP contribution in [0.25, 0.3) is 11.3 Å². The Kier molecular flexibility index (Phi) is 6.07. The Morgan fingerprint density at radius 2 is 1.88 bits per heavy atom. The van der Waals surface area contributed by atoms with Gasteiger partial charge in [-0.15, -0.1) is 10.2 Å². The zero-order valence-corrected chi connectivity index (χ0v) is 19.7. The molecule has 2 heterocycles. The van der Waals surface area contributed by atoms with Crippen LogP contribution in [0.15, 0.2) is 71.9 Å². The lowest BCUT2D eigenvalue weighted by Crippen LogP contribution is -2.17. The molecule has 0 saturated heterocycles. The average molecular weight is 477 g/mol. The van der Waals surface area contributed by atoms with Gasteiger partial charge >= 0.3 is 0 Å². The minimum Gasteiger partial charge on any atom is -0.496 e. The van der Waals surface area contributed by atoms with Gasteiger partial charge in [-0.05, 0) is 54.4 Å². The summed E-state index contributed by atoms with van der Waals surface area (Å²) in [7, 11) is 1.67. The molecule has 0 amide bonds. The maximum Gasteiger partial charge on any atom is 0.247 e. The lowest BCUT2D eigenvalue weighted by atomic mass is 10.1. The monoisotopic (exact) mass is 476 g/mol. The molecule has 0 fully saturated rings. The zero-order valence-electron chi connectivity index (χ0n) is 18.1. The summed E-state index contributed by atoms with van der Waals surface area (Å²) in [5.74, 6) is 1.98. The molecule has 33 heavy (non-hydrogen) atoms. The third-order valence-electron chi connectivity index (χ3n) is 5.34. The lowest BCUT2D eigenvalue weighted by Gasteiger charge is -2.20. The molecule has 0 spiro atoms. The average Bonchev–Trinajstić information content (AvgIpc) is 3.00. The molecule has 1 aromatic heterocycles. The summed E-state index contributed by atoms with van der Waals surface area (Å²) in [6, 6.07) is 21.6. The standard InChI is InChI=1S/C25H21ClN4O2S/c1-15-13-17(9-12-21(15)31-2)23-27-20-6-4-3-5-19(20)22-24(32-23)28-25(30-29-22)33-14-16-7-10-18(26)11-8-16/h3-13,23,27H,14H2,1-2H3/t23-/m1/s1. The molecule has 6 nitrogen and oxygen atoms in total. The molecule has 5 rings (SSSR count). The summed E-state index contributed by atoms with van der Waals surface area (Å²) in [5, 5.41) is 13.6. The number of para-hydroxylation sites is 1. The van der Waals surface area contributed by atoms with Crippen LogP contribution in [0, 0.1) is 6.92 Å². The summed E-state index contributed by atoms with van der Waals surface area (Å²) in [6.45, 7) is 2.01. The highest BCUT2D eigenvalue weighted by molar-refractivity contribution is 7.98. The number of methoxy groups -OCH3 is 1. The van der Waals surface area contributed by atoms with E-state index >= 15 is 0 Å². The Morgan fingerprint density at radius 3 is 2.67 bits per heavy atom. The Morgan fingerprint density at radius 1 is 1.06 bits per heavy atom. The van der Waals surface area contributed by atoms with E-state index in [1.165, 1.54) is 11.8 Å². The van der Waals surface area contributed by atoms with Crippen LogP contribution in [-0.4, -0.2) is 22.3 Å². The fourth-order valence-electron chi connectivity index (χ4n) is 3.65. The minimum atomic E-state index is -0.442. The highest BCUT2D eigenvalue weighted by Crippen LogP contribution is 2.40. The lowest BCUT2D eigenvalue weighted by molar-refractivity contribution is 0.225. The van der Waals surface area contributed by atoms with Crippen molar-refractivity contribution in [1.82, 2.24) is 15.2 Å². The first-order valence-electron chi connectivity index (χ1n) is 10.4. The highest BCUT2D eigenvalue weighted by atomic mass is 35.5. The third kappa shape index (κ3) is 4.60. The predicted molar refractivity (Wildman–Crippen MR) is 131 cm³/mol. The van der Waals surface area contributed by atoms with Crippen molar-refractivity contribution in [3.05, 3.63) is 88.4 Å². The second-order valence-electron chi connectivity index (χ2n) is 7.58.